The first-order chi connectivity index (χ1) is 8.58. The standard InChI is InChI=1S/C13H10ClNO2S/c14-10-3-1-2-4-11(10)15-13(18)9-6-5-8(16)7-12(9)17/h1-7,16-17H,(H,15,18). The number of phenolic OH excluding ortho intramolecular Hbond substituents is 2. The van der Waals surface area contributed by atoms with E-state index in [1.807, 2.05) is 12.1 Å². The van der Waals surface area contributed by atoms with Gasteiger partial charge in [-0.15, -0.1) is 0 Å². The Morgan fingerprint density at radius 1 is 1.11 bits per heavy atom. The van der Waals surface area contributed by atoms with Gasteiger partial charge in [-0.1, -0.05) is 36.0 Å². The van der Waals surface area contributed by atoms with E-state index in [9.17, 15) is 10.2 Å². The Bertz CT molecular complexity index is 601. The predicted molar refractivity (Wildman–Crippen MR) is 76.5 cm³/mol. The molecule has 0 atom stereocenters. The van der Waals surface area contributed by atoms with Gasteiger partial charge in [-0.3, -0.25) is 0 Å². The lowest BCUT2D eigenvalue weighted by Gasteiger charge is -2.11. The molecule has 0 fully saturated rings. The maximum Gasteiger partial charge on any atom is 0.129 e. The molecule has 18 heavy (non-hydrogen) atoms. The molecule has 0 unspecified atom stereocenters. The molecule has 0 aliphatic carbocycles. The number of aromatic hydroxyl groups is 2. The van der Waals surface area contributed by atoms with Gasteiger partial charge in [0.1, 0.15) is 16.5 Å². The summed E-state index contributed by atoms with van der Waals surface area (Å²) >= 11 is 11.2. The Morgan fingerprint density at radius 2 is 1.83 bits per heavy atom. The second-order valence-corrected chi connectivity index (χ2v) is 4.45. The van der Waals surface area contributed by atoms with Gasteiger partial charge in [-0.2, -0.15) is 0 Å². The van der Waals surface area contributed by atoms with Gasteiger partial charge in [0.2, 0.25) is 0 Å². The summed E-state index contributed by atoms with van der Waals surface area (Å²) < 4.78 is 0. The second kappa shape index (κ2) is 5.25. The smallest absolute Gasteiger partial charge is 0.129 e. The van der Waals surface area contributed by atoms with Crippen molar-refractivity contribution in [2.24, 2.45) is 0 Å². The highest BCUT2D eigenvalue weighted by Gasteiger charge is 2.09. The minimum Gasteiger partial charge on any atom is -0.508 e. The van der Waals surface area contributed by atoms with Gasteiger partial charge in [0.15, 0.2) is 0 Å². The summed E-state index contributed by atoms with van der Waals surface area (Å²) in [6.45, 7) is 0. The van der Waals surface area contributed by atoms with Crippen molar-refractivity contribution in [2.75, 3.05) is 5.32 Å². The fraction of sp³-hybridized carbons (Fsp3) is 0. The molecule has 92 valence electrons. The van der Waals surface area contributed by atoms with Crippen molar-refractivity contribution in [1.82, 2.24) is 0 Å². The maximum absolute atomic E-state index is 9.69. The average Bonchev–Trinajstić information content (AvgIpc) is 2.32. The molecule has 0 aliphatic rings. The second-order valence-electron chi connectivity index (χ2n) is 3.64. The molecule has 0 aliphatic heterocycles. The van der Waals surface area contributed by atoms with Crippen molar-refractivity contribution in [1.29, 1.82) is 0 Å². The molecule has 0 amide bonds. The number of benzene rings is 2. The molecule has 3 nitrogen and oxygen atoms in total. The first kappa shape index (κ1) is 12.7. The van der Waals surface area contributed by atoms with Crippen LogP contribution in [0.5, 0.6) is 11.5 Å². The number of halogens is 1. The molecule has 0 saturated carbocycles. The summed E-state index contributed by atoms with van der Waals surface area (Å²) in [4.78, 5) is 0.334. The summed E-state index contributed by atoms with van der Waals surface area (Å²) in [5.41, 5.74) is 1.10. The van der Waals surface area contributed by atoms with Crippen molar-refractivity contribution in [3.63, 3.8) is 0 Å². The quantitative estimate of drug-likeness (QED) is 0.736. The van der Waals surface area contributed by atoms with Crippen molar-refractivity contribution < 1.29 is 10.2 Å². The van der Waals surface area contributed by atoms with E-state index in [0.29, 0.717) is 21.3 Å². The zero-order valence-electron chi connectivity index (χ0n) is 9.22. The summed E-state index contributed by atoms with van der Waals surface area (Å²) in [6, 6.07) is 11.4. The number of rotatable bonds is 2. The lowest BCUT2D eigenvalue weighted by atomic mass is 10.2. The SMILES string of the molecule is Oc1ccc(C(=S)Nc2ccccc2Cl)c(O)c1. The third-order valence-electron chi connectivity index (χ3n) is 2.35. The summed E-state index contributed by atoms with van der Waals surface area (Å²) in [7, 11) is 0. The van der Waals surface area contributed by atoms with Gasteiger partial charge in [-0.05, 0) is 24.3 Å². The van der Waals surface area contributed by atoms with Gasteiger partial charge >= 0.3 is 0 Å². The predicted octanol–water partition coefficient (Wildman–Crippen LogP) is 3.54. The number of para-hydroxylation sites is 1. The highest BCUT2D eigenvalue weighted by atomic mass is 35.5. The van der Waals surface area contributed by atoms with E-state index in [1.165, 1.54) is 18.2 Å². The van der Waals surface area contributed by atoms with E-state index < -0.39 is 0 Å². The zero-order chi connectivity index (χ0) is 13.1. The first-order valence-corrected chi connectivity index (χ1v) is 5.94. The number of anilines is 1. The Kier molecular flexibility index (Phi) is 3.69. The lowest BCUT2D eigenvalue weighted by molar-refractivity contribution is 0.450. The van der Waals surface area contributed by atoms with Crippen LogP contribution in [0.2, 0.25) is 5.02 Å². The molecule has 5 heteroatoms. The lowest BCUT2D eigenvalue weighted by Crippen LogP contribution is -2.10. The van der Waals surface area contributed by atoms with Crippen molar-refractivity contribution in [3.05, 3.63) is 53.1 Å². The number of phenols is 2. The molecule has 0 bridgehead atoms. The monoisotopic (exact) mass is 279 g/mol. The van der Waals surface area contributed by atoms with Gasteiger partial charge in [-0.25, -0.2) is 0 Å². The van der Waals surface area contributed by atoms with E-state index in [2.05, 4.69) is 5.32 Å². The van der Waals surface area contributed by atoms with Crippen molar-refractivity contribution in [3.8, 4) is 11.5 Å². The van der Waals surface area contributed by atoms with Gasteiger partial charge in [0, 0.05) is 6.07 Å². The van der Waals surface area contributed by atoms with E-state index >= 15 is 0 Å². The molecule has 2 aromatic rings. The minimum atomic E-state index is -0.0837. The van der Waals surface area contributed by atoms with Gasteiger partial charge < -0.3 is 15.5 Å². The summed E-state index contributed by atoms with van der Waals surface area (Å²) in [5.74, 6) is -0.101. The fourth-order valence-electron chi connectivity index (χ4n) is 1.46. The summed E-state index contributed by atoms with van der Waals surface area (Å²) in [6.07, 6.45) is 0. The molecule has 0 aromatic heterocycles. The van der Waals surface area contributed by atoms with Crippen LogP contribution >= 0.6 is 23.8 Å². The first-order valence-electron chi connectivity index (χ1n) is 5.16. The van der Waals surface area contributed by atoms with Crippen molar-refractivity contribution in [2.45, 2.75) is 0 Å². The van der Waals surface area contributed by atoms with Crippen LogP contribution in [0.4, 0.5) is 5.69 Å². The number of thiocarbonyl (C=S) groups is 1. The molecule has 0 saturated heterocycles. The molecule has 3 N–H and O–H groups in total. The van der Waals surface area contributed by atoms with Crippen LogP contribution in [0.1, 0.15) is 5.56 Å². The largest absolute Gasteiger partial charge is 0.508 e. The molecule has 0 spiro atoms. The van der Waals surface area contributed by atoms with Gasteiger partial charge in [0.25, 0.3) is 0 Å². The topological polar surface area (TPSA) is 52.5 Å². The molecule has 0 radical (unpaired) electrons. The minimum absolute atomic E-state index is 0.0169. The molecule has 0 heterocycles. The number of nitrogens with one attached hydrogen (secondary N) is 1. The molecular formula is C13H10ClNO2S. The highest BCUT2D eigenvalue weighted by molar-refractivity contribution is 7.81. The normalized spacial score (nSPS) is 10.1. The van der Waals surface area contributed by atoms with Crippen LogP contribution < -0.4 is 5.32 Å². The third-order valence-corrected chi connectivity index (χ3v) is 3.00. The van der Waals surface area contributed by atoms with Gasteiger partial charge in [0.05, 0.1) is 16.3 Å². The average molecular weight is 280 g/mol. The summed E-state index contributed by atoms with van der Waals surface area (Å²) in [5, 5.41) is 22.4. The maximum atomic E-state index is 9.69. The number of hydrogen-bond acceptors (Lipinski definition) is 3. The Balaban J connectivity index is 2.25. The third kappa shape index (κ3) is 2.72. The Morgan fingerprint density at radius 3 is 2.50 bits per heavy atom. The Labute approximate surface area is 115 Å². The van der Waals surface area contributed by atoms with Crippen LogP contribution in [-0.4, -0.2) is 15.2 Å². The molecular weight excluding hydrogens is 270 g/mol. The van der Waals surface area contributed by atoms with Crippen LogP contribution in [0.25, 0.3) is 0 Å². The Hall–Kier alpha value is -1.78. The van der Waals surface area contributed by atoms with Crippen LogP contribution in [0.15, 0.2) is 42.5 Å². The van der Waals surface area contributed by atoms with Crippen LogP contribution in [-0.2, 0) is 0 Å². The van der Waals surface area contributed by atoms with E-state index in [0.717, 1.165) is 0 Å². The molecule has 2 aromatic carbocycles. The molecule has 2 rings (SSSR count). The number of hydrogen-bond donors (Lipinski definition) is 3. The zero-order valence-corrected chi connectivity index (χ0v) is 10.8. The van der Waals surface area contributed by atoms with Crippen LogP contribution in [0, 0.1) is 0 Å². The van der Waals surface area contributed by atoms with E-state index in [4.69, 9.17) is 23.8 Å². The van der Waals surface area contributed by atoms with E-state index in [-0.39, 0.29) is 11.5 Å². The van der Waals surface area contributed by atoms with E-state index in [1.54, 1.807) is 12.1 Å². The van der Waals surface area contributed by atoms with Crippen LogP contribution in [0.3, 0.4) is 0 Å². The highest BCUT2D eigenvalue weighted by Crippen LogP contribution is 2.26. The fourth-order valence-corrected chi connectivity index (χ4v) is 1.93. The van der Waals surface area contributed by atoms with Crippen molar-refractivity contribution >= 4 is 34.5 Å².